The van der Waals surface area contributed by atoms with Crippen LogP contribution < -0.4 is 11.1 Å². The van der Waals surface area contributed by atoms with Crippen LogP contribution in [0.4, 0.5) is 20.3 Å². The first-order valence-corrected chi connectivity index (χ1v) is 5.91. The van der Waals surface area contributed by atoms with E-state index in [1.807, 2.05) is 0 Å². The lowest BCUT2D eigenvalue weighted by Crippen LogP contribution is -2.15. The summed E-state index contributed by atoms with van der Waals surface area (Å²) >= 11 is 0. The van der Waals surface area contributed by atoms with Crippen LogP contribution in [-0.4, -0.2) is 10.9 Å². The predicted octanol–water partition coefficient (Wildman–Crippen LogP) is 2.43. The van der Waals surface area contributed by atoms with E-state index in [4.69, 9.17) is 5.73 Å². The number of rotatable bonds is 3. The number of anilines is 2. The lowest BCUT2D eigenvalue weighted by atomic mass is 10.1. The molecule has 0 unspecified atom stereocenters. The quantitative estimate of drug-likeness (QED) is 0.905. The van der Waals surface area contributed by atoms with E-state index in [2.05, 4.69) is 10.3 Å². The Hall–Kier alpha value is -2.50. The van der Waals surface area contributed by atoms with Crippen LogP contribution >= 0.6 is 0 Å². The minimum absolute atomic E-state index is 0.0672. The lowest BCUT2D eigenvalue weighted by molar-refractivity contribution is -0.115. The molecule has 0 aliphatic heterocycles. The van der Waals surface area contributed by atoms with Gasteiger partial charge in [0.1, 0.15) is 5.82 Å². The van der Waals surface area contributed by atoms with Crippen molar-refractivity contribution >= 4 is 17.4 Å². The third-order valence-electron chi connectivity index (χ3n) is 2.77. The summed E-state index contributed by atoms with van der Waals surface area (Å²) < 4.78 is 25.8. The van der Waals surface area contributed by atoms with Gasteiger partial charge in [0, 0.05) is 0 Å². The van der Waals surface area contributed by atoms with E-state index in [0.29, 0.717) is 17.1 Å². The molecular weight excluding hydrogens is 264 g/mol. The average molecular weight is 277 g/mol. The second-order valence-electron chi connectivity index (χ2n) is 4.40. The van der Waals surface area contributed by atoms with Crippen LogP contribution in [0.5, 0.6) is 0 Å². The molecule has 2 aromatic rings. The second-order valence-corrected chi connectivity index (χ2v) is 4.40. The van der Waals surface area contributed by atoms with Gasteiger partial charge in [-0.1, -0.05) is 6.07 Å². The number of nitrogen functional groups attached to an aromatic ring is 1. The van der Waals surface area contributed by atoms with Crippen molar-refractivity contribution in [1.82, 2.24) is 4.98 Å². The van der Waals surface area contributed by atoms with Gasteiger partial charge in [0.2, 0.25) is 5.91 Å². The molecule has 1 aromatic heterocycles. The maximum absolute atomic E-state index is 13.0. The second kappa shape index (κ2) is 5.64. The van der Waals surface area contributed by atoms with E-state index in [-0.39, 0.29) is 12.3 Å². The van der Waals surface area contributed by atoms with Gasteiger partial charge >= 0.3 is 0 Å². The third kappa shape index (κ3) is 3.28. The Balaban J connectivity index is 2.04. The average Bonchev–Trinajstić information content (AvgIpc) is 2.38. The van der Waals surface area contributed by atoms with Gasteiger partial charge in [-0.25, -0.2) is 13.8 Å². The van der Waals surface area contributed by atoms with Crippen molar-refractivity contribution < 1.29 is 13.6 Å². The molecule has 104 valence electrons. The lowest BCUT2D eigenvalue weighted by Gasteiger charge is -2.07. The Kier molecular flexibility index (Phi) is 3.93. The molecule has 3 N–H and O–H groups in total. The summed E-state index contributed by atoms with van der Waals surface area (Å²) in [6, 6.07) is 4.98. The van der Waals surface area contributed by atoms with E-state index in [0.717, 1.165) is 17.7 Å². The first-order chi connectivity index (χ1) is 9.45. The molecule has 1 heterocycles. The normalized spacial score (nSPS) is 10.3. The zero-order valence-corrected chi connectivity index (χ0v) is 10.8. The molecule has 2 rings (SSSR count). The van der Waals surface area contributed by atoms with Gasteiger partial charge in [-0.2, -0.15) is 0 Å². The van der Waals surface area contributed by atoms with Gasteiger partial charge in [-0.15, -0.1) is 0 Å². The number of nitrogens with two attached hydrogens (primary N) is 1. The number of nitrogens with one attached hydrogen (secondary N) is 1. The zero-order valence-electron chi connectivity index (χ0n) is 10.8. The highest BCUT2D eigenvalue weighted by atomic mass is 19.2. The maximum Gasteiger partial charge on any atom is 0.229 e. The molecule has 1 aromatic carbocycles. The monoisotopic (exact) mass is 277 g/mol. The molecule has 0 aliphatic carbocycles. The van der Waals surface area contributed by atoms with Crippen molar-refractivity contribution in [3.05, 3.63) is 53.2 Å². The SMILES string of the molecule is Cc1cc(NC(=O)Cc2ccc(F)c(F)c2)ncc1N. The standard InChI is InChI=1S/C14H13F2N3O/c1-8-4-13(18-7-12(8)17)19-14(20)6-9-2-3-10(15)11(16)5-9/h2-5,7H,6,17H2,1H3,(H,18,19,20). The van der Waals surface area contributed by atoms with Gasteiger partial charge in [-0.3, -0.25) is 4.79 Å². The molecule has 0 saturated carbocycles. The summed E-state index contributed by atoms with van der Waals surface area (Å²) in [4.78, 5) is 15.7. The molecule has 0 fully saturated rings. The van der Waals surface area contributed by atoms with Crippen molar-refractivity contribution in [2.24, 2.45) is 0 Å². The van der Waals surface area contributed by atoms with Crippen molar-refractivity contribution in [1.29, 1.82) is 0 Å². The fourth-order valence-corrected chi connectivity index (χ4v) is 1.66. The number of carbonyl (C=O) groups is 1. The summed E-state index contributed by atoms with van der Waals surface area (Å²) in [6.07, 6.45) is 1.38. The maximum atomic E-state index is 13.0. The third-order valence-corrected chi connectivity index (χ3v) is 2.77. The number of carbonyl (C=O) groups excluding carboxylic acids is 1. The van der Waals surface area contributed by atoms with Crippen LogP contribution in [-0.2, 0) is 11.2 Å². The van der Waals surface area contributed by atoms with Crippen LogP contribution in [0.15, 0.2) is 30.5 Å². The summed E-state index contributed by atoms with van der Waals surface area (Å²) in [5.41, 5.74) is 7.33. The van der Waals surface area contributed by atoms with Crippen LogP contribution in [0.3, 0.4) is 0 Å². The number of pyridine rings is 1. The van der Waals surface area contributed by atoms with E-state index in [9.17, 15) is 13.6 Å². The van der Waals surface area contributed by atoms with Crippen molar-refractivity contribution in [2.75, 3.05) is 11.1 Å². The van der Waals surface area contributed by atoms with Gasteiger partial charge < -0.3 is 11.1 Å². The molecule has 0 aliphatic rings. The van der Waals surface area contributed by atoms with Gasteiger partial charge in [0.15, 0.2) is 11.6 Å². The Morgan fingerprint density at radius 3 is 2.70 bits per heavy atom. The Morgan fingerprint density at radius 2 is 2.05 bits per heavy atom. The number of aryl methyl sites for hydroxylation is 1. The van der Waals surface area contributed by atoms with E-state index >= 15 is 0 Å². The van der Waals surface area contributed by atoms with Gasteiger partial charge in [0.05, 0.1) is 18.3 Å². The van der Waals surface area contributed by atoms with Gasteiger partial charge in [0.25, 0.3) is 0 Å². The number of hydrogen-bond donors (Lipinski definition) is 2. The molecular formula is C14H13F2N3O. The number of nitrogens with zero attached hydrogens (tertiary/aromatic N) is 1. The molecule has 0 saturated heterocycles. The Morgan fingerprint density at radius 1 is 1.30 bits per heavy atom. The Bertz CT molecular complexity index is 603. The molecule has 4 nitrogen and oxygen atoms in total. The molecule has 0 radical (unpaired) electrons. The topological polar surface area (TPSA) is 68.0 Å². The molecule has 1 amide bonds. The fraction of sp³-hybridized carbons (Fsp3) is 0.143. The number of benzene rings is 1. The molecule has 20 heavy (non-hydrogen) atoms. The molecule has 6 heteroatoms. The zero-order chi connectivity index (χ0) is 14.7. The summed E-state index contributed by atoms with van der Waals surface area (Å²) in [5.74, 6) is -1.92. The van der Waals surface area contributed by atoms with Crippen LogP contribution in [0.2, 0.25) is 0 Å². The highest BCUT2D eigenvalue weighted by Crippen LogP contribution is 2.14. The minimum atomic E-state index is -0.975. The number of aromatic nitrogens is 1. The smallest absolute Gasteiger partial charge is 0.229 e. The highest BCUT2D eigenvalue weighted by molar-refractivity contribution is 5.91. The van der Waals surface area contributed by atoms with E-state index in [1.165, 1.54) is 12.3 Å². The van der Waals surface area contributed by atoms with Crippen molar-refractivity contribution in [3.63, 3.8) is 0 Å². The number of halogens is 2. The minimum Gasteiger partial charge on any atom is -0.397 e. The first-order valence-electron chi connectivity index (χ1n) is 5.91. The van der Waals surface area contributed by atoms with E-state index < -0.39 is 11.6 Å². The van der Waals surface area contributed by atoms with Crippen LogP contribution in [0, 0.1) is 18.6 Å². The summed E-state index contributed by atoms with van der Waals surface area (Å²) in [5, 5.41) is 2.57. The van der Waals surface area contributed by atoms with Crippen LogP contribution in [0.25, 0.3) is 0 Å². The summed E-state index contributed by atoms with van der Waals surface area (Å²) in [7, 11) is 0. The number of amides is 1. The summed E-state index contributed by atoms with van der Waals surface area (Å²) in [6.45, 7) is 1.79. The largest absolute Gasteiger partial charge is 0.397 e. The van der Waals surface area contributed by atoms with Crippen LogP contribution in [0.1, 0.15) is 11.1 Å². The van der Waals surface area contributed by atoms with E-state index in [1.54, 1.807) is 13.0 Å². The fourth-order valence-electron chi connectivity index (χ4n) is 1.66. The molecule has 0 spiro atoms. The Labute approximate surface area is 114 Å². The molecule has 0 atom stereocenters. The predicted molar refractivity (Wildman–Crippen MR) is 72.1 cm³/mol. The highest BCUT2D eigenvalue weighted by Gasteiger charge is 2.08. The van der Waals surface area contributed by atoms with Gasteiger partial charge in [-0.05, 0) is 36.2 Å². The first kappa shape index (κ1) is 13.9. The van der Waals surface area contributed by atoms with Crippen molar-refractivity contribution in [2.45, 2.75) is 13.3 Å². The molecule has 0 bridgehead atoms. The van der Waals surface area contributed by atoms with Crippen molar-refractivity contribution in [3.8, 4) is 0 Å². The number of hydrogen-bond acceptors (Lipinski definition) is 3.